The highest BCUT2D eigenvalue weighted by molar-refractivity contribution is 6.14. The summed E-state index contributed by atoms with van der Waals surface area (Å²) in [5, 5.41) is 9.59. The van der Waals surface area contributed by atoms with Gasteiger partial charge >= 0.3 is 0 Å². The van der Waals surface area contributed by atoms with Crippen molar-refractivity contribution in [2.45, 2.75) is 0 Å². The first-order valence-electron chi connectivity index (χ1n) is 38.3. The van der Waals surface area contributed by atoms with Crippen LogP contribution >= 0.6 is 0 Å². The van der Waals surface area contributed by atoms with Gasteiger partial charge in [-0.2, -0.15) is 0 Å². The number of rotatable bonds is 12. The number of fused-ring (bicyclic) bond motifs is 12. The minimum absolute atomic E-state index is 0.915. The SMILES string of the molecule is c1ccc(-c2ccc3c(c2)c2cc(-c4ccccc4)ccc2n3-c2ccc(-c3cccc(-c4ccc(-c5ccc6c(c5)oc5ccccc56)cc4)c3)cc2)cc1.c1ccc(-c2ccc3c4ccc(-c5ccccc5)cc4n(-c4ccc(-c5cccc(-c6ccc(-c7ccc8c(c7)oc7ccccc78)cc6)c5)cc4)c3c2)cc1. The molecule has 0 bridgehead atoms. The molecule has 0 saturated carbocycles. The molecule has 0 aliphatic carbocycles. The summed E-state index contributed by atoms with van der Waals surface area (Å²) in [6.07, 6.45) is 0. The fourth-order valence-electron chi connectivity index (χ4n) is 16.7. The number of hydrogen-bond acceptors (Lipinski definition) is 2. The Hall–Kier alpha value is -14.8. The van der Waals surface area contributed by atoms with E-state index in [2.05, 4.69) is 410 Å². The minimum atomic E-state index is 0.915. The van der Waals surface area contributed by atoms with E-state index in [0.717, 1.165) is 66.4 Å². The lowest BCUT2D eigenvalue weighted by atomic mass is 9.97. The van der Waals surface area contributed by atoms with Gasteiger partial charge in [-0.25, -0.2) is 0 Å². The molecule has 4 heterocycles. The lowest BCUT2D eigenvalue weighted by Crippen LogP contribution is -1.94. The van der Waals surface area contributed by atoms with E-state index in [1.807, 2.05) is 24.3 Å². The van der Waals surface area contributed by atoms with E-state index in [0.29, 0.717) is 0 Å². The van der Waals surface area contributed by atoms with Crippen LogP contribution in [0.15, 0.2) is 433 Å². The van der Waals surface area contributed by atoms with Crippen LogP contribution in [0, 0.1) is 0 Å². The van der Waals surface area contributed by atoms with Gasteiger partial charge < -0.3 is 18.0 Å². The molecule has 0 fully saturated rings. The monoisotopic (exact) mass is 1430 g/mol. The zero-order chi connectivity index (χ0) is 74.0. The van der Waals surface area contributed by atoms with Crippen molar-refractivity contribution in [3.05, 3.63) is 425 Å². The van der Waals surface area contributed by atoms with Crippen LogP contribution in [0.2, 0.25) is 0 Å². The van der Waals surface area contributed by atoms with E-state index in [1.165, 1.54) is 144 Å². The molecule has 0 amide bonds. The van der Waals surface area contributed by atoms with Gasteiger partial charge in [-0.05, 0) is 220 Å². The zero-order valence-electron chi connectivity index (χ0n) is 61.1. The summed E-state index contributed by atoms with van der Waals surface area (Å²) in [7, 11) is 0. The summed E-state index contributed by atoms with van der Waals surface area (Å²) in [6, 6.07) is 153. The molecule has 0 aliphatic heterocycles. The molecule has 0 aliphatic rings. The largest absolute Gasteiger partial charge is 0.456 e. The highest BCUT2D eigenvalue weighted by atomic mass is 16.3. The van der Waals surface area contributed by atoms with Crippen molar-refractivity contribution < 1.29 is 8.83 Å². The van der Waals surface area contributed by atoms with Crippen molar-refractivity contribution >= 4 is 87.5 Å². The predicted octanol–water partition coefficient (Wildman–Crippen LogP) is 30.0. The van der Waals surface area contributed by atoms with Gasteiger partial charge in [-0.1, -0.05) is 315 Å². The molecule has 0 saturated heterocycles. The minimum Gasteiger partial charge on any atom is -0.456 e. The number of furan rings is 2. The van der Waals surface area contributed by atoms with Gasteiger partial charge in [0.25, 0.3) is 0 Å². The lowest BCUT2D eigenvalue weighted by molar-refractivity contribution is 0.668. The van der Waals surface area contributed by atoms with Crippen molar-refractivity contribution in [1.29, 1.82) is 0 Å². The van der Waals surface area contributed by atoms with E-state index < -0.39 is 0 Å². The van der Waals surface area contributed by atoms with E-state index >= 15 is 0 Å². The normalized spacial score (nSPS) is 11.6. The summed E-state index contributed by atoms with van der Waals surface area (Å²) in [5.41, 5.74) is 34.6. The lowest BCUT2D eigenvalue weighted by Gasteiger charge is -2.12. The van der Waals surface area contributed by atoms with Gasteiger partial charge in [0.1, 0.15) is 22.3 Å². The third-order valence-electron chi connectivity index (χ3n) is 22.5. The summed E-state index contributed by atoms with van der Waals surface area (Å²) in [6.45, 7) is 0. The van der Waals surface area contributed by atoms with Gasteiger partial charge in [0, 0.05) is 54.5 Å². The quantitative estimate of drug-likeness (QED) is 0.122. The standard InChI is InChI=1S/2C54H35NO/c1-3-10-36(11-4-1)43-25-30-51-49(33-43)50-34-44(37-12-5-2-6-13-37)26-31-52(50)55(51)46-27-22-40(23-28-46)42-15-9-14-41(32-42)38-18-20-39(21-19-38)45-24-29-48-47-16-7-8-17-53(47)56-54(48)35-45;1-3-10-36(11-4-1)43-24-29-47-48-30-25-44(37-12-5-2-6-13-37)34-52(48)55(51(47)33-43)46-27-22-40(23-28-46)42-15-9-14-41(32-42)38-18-20-39(21-19-38)45-26-31-50-49-16-7-8-17-53(49)56-54(50)35-45/h2*1-35H. The molecule has 22 aromatic rings. The van der Waals surface area contributed by atoms with E-state index in [4.69, 9.17) is 8.83 Å². The maximum Gasteiger partial charge on any atom is 0.136 e. The number of nitrogens with zero attached hydrogens (tertiary/aromatic N) is 2. The van der Waals surface area contributed by atoms with Crippen LogP contribution in [0.4, 0.5) is 0 Å². The first-order valence-corrected chi connectivity index (χ1v) is 38.3. The van der Waals surface area contributed by atoms with Gasteiger partial charge in [-0.15, -0.1) is 0 Å². The molecule has 22 rings (SSSR count). The average molecular weight is 1430 g/mol. The molecule has 0 unspecified atom stereocenters. The highest BCUT2D eigenvalue weighted by Gasteiger charge is 2.20. The molecule has 524 valence electrons. The van der Waals surface area contributed by atoms with Gasteiger partial charge in [-0.3, -0.25) is 0 Å². The molecule has 18 aromatic carbocycles. The molecule has 4 nitrogen and oxygen atoms in total. The smallest absolute Gasteiger partial charge is 0.136 e. The Morgan fingerprint density at radius 2 is 0.357 bits per heavy atom. The Bertz CT molecular complexity index is 7100. The molecular formula is C108H70N2O2. The summed E-state index contributed by atoms with van der Waals surface area (Å²) < 4.78 is 17.2. The maximum absolute atomic E-state index is 6.17. The Kier molecular flexibility index (Phi) is 16.2. The molecule has 0 atom stereocenters. The summed E-state index contributed by atoms with van der Waals surface area (Å²) in [5.74, 6) is 0. The first-order chi connectivity index (χ1) is 55.5. The highest BCUT2D eigenvalue weighted by Crippen LogP contribution is 2.43. The second-order valence-corrected chi connectivity index (χ2v) is 29.1. The fraction of sp³-hybridized carbons (Fsp3) is 0. The average Bonchev–Trinajstić information content (AvgIpc) is 1.58. The Morgan fingerprint density at radius 1 is 0.125 bits per heavy atom. The molecule has 0 spiro atoms. The van der Waals surface area contributed by atoms with Gasteiger partial charge in [0.15, 0.2) is 0 Å². The maximum atomic E-state index is 6.17. The van der Waals surface area contributed by atoms with Gasteiger partial charge in [0.05, 0.1) is 22.1 Å². The molecule has 112 heavy (non-hydrogen) atoms. The van der Waals surface area contributed by atoms with E-state index in [-0.39, 0.29) is 0 Å². The summed E-state index contributed by atoms with van der Waals surface area (Å²) in [4.78, 5) is 0. The van der Waals surface area contributed by atoms with Crippen LogP contribution in [-0.2, 0) is 0 Å². The topological polar surface area (TPSA) is 36.1 Å². The van der Waals surface area contributed by atoms with Crippen LogP contribution in [-0.4, -0.2) is 9.13 Å². The van der Waals surface area contributed by atoms with Crippen LogP contribution in [0.25, 0.3) is 210 Å². The van der Waals surface area contributed by atoms with Crippen molar-refractivity contribution in [3.63, 3.8) is 0 Å². The van der Waals surface area contributed by atoms with Crippen LogP contribution in [0.3, 0.4) is 0 Å². The Labute approximate surface area is 648 Å². The number of aromatic nitrogens is 2. The number of benzene rings is 18. The van der Waals surface area contributed by atoms with Gasteiger partial charge in [0.2, 0.25) is 0 Å². The fourth-order valence-corrected chi connectivity index (χ4v) is 16.7. The molecule has 0 radical (unpaired) electrons. The summed E-state index contributed by atoms with van der Waals surface area (Å²) >= 11 is 0. The van der Waals surface area contributed by atoms with Crippen LogP contribution < -0.4 is 0 Å². The van der Waals surface area contributed by atoms with Crippen molar-refractivity contribution in [3.8, 4) is 123 Å². The van der Waals surface area contributed by atoms with Crippen molar-refractivity contribution in [2.75, 3.05) is 0 Å². The number of para-hydroxylation sites is 2. The predicted molar refractivity (Wildman–Crippen MR) is 470 cm³/mol. The molecule has 4 aromatic heterocycles. The molecule has 0 N–H and O–H groups in total. The van der Waals surface area contributed by atoms with E-state index in [9.17, 15) is 0 Å². The Balaban J connectivity index is 0.000000141. The Morgan fingerprint density at radius 3 is 0.705 bits per heavy atom. The van der Waals surface area contributed by atoms with E-state index in [1.54, 1.807) is 0 Å². The molecular weight excluding hydrogens is 1360 g/mol. The first kappa shape index (κ1) is 65.5. The zero-order valence-corrected chi connectivity index (χ0v) is 61.1. The second kappa shape index (κ2) is 27.7. The number of hydrogen-bond donors (Lipinski definition) is 0. The second-order valence-electron chi connectivity index (χ2n) is 29.1. The van der Waals surface area contributed by atoms with Crippen LogP contribution in [0.1, 0.15) is 0 Å². The molecule has 4 heteroatoms. The van der Waals surface area contributed by atoms with Crippen molar-refractivity contribution in [2.24, 2.45) is 0 Å². The third-order valence-corrected chi connectivity index (χ3v) is 22.5. The van der Waals surface area contributed by atoms with Crippen molar-refractivity contribution in [1.82, 2.24) is 9.13 Å². The van der Waals surface area contributed by atoms with Crippen LogP contribution in [0.5, 0.6) is 0 Å². The third kappa shape index (κ3) is 12.0.